The molecule has 3 heterocycles. The van der Waals surface area contributed by atoms with Crippen LogP contribution < -0.4 is 21.1 Å². The number of halogens is 6. The molecule has 202 valence electrons. The number of aromatic amines is 1. The molecule has 1 saturated heterocycles. The Bertz CT molecular complexity index is 1170. The summed E-state index contributed by atoms with van der Waals surface area (Å²) < 4.78 is 77.5. The van der Waals surface area contributed by atoms with Gasteiger partial charge in [0.2, 0.25) is 5.95 Å². The normalized spacial score (nSPS) is 17.7. The Hall–Kier alpha value is -3.85. The first kappa shape index (κ1) is 27.7. The lowest BCUT2D eigenvalue weighted by molar-refractivity contribution is -0.139. The fourth-order valence-corrected chi connectivity index (χ4v) is 3.67. The van der Waals surface area contributed by atoms with Gasteiger partial charge in [0.15, 0.2) is 0 Å². The summed E-state index contributed by atoms with van der Waals surface area (Å²) in [6.45, 7) is 4.30. The van der Waals surface area contributed by atoms with E-state index in [9.17, 15) is 35.9 Å². The van der Waals surface area contributed by atoms with Gasteiger partial charge in [0.25, 0.3) is 5.56 Å². The van der Waals surface area contributed by atoms with Crippen LogP contribution in [0.2, 0.25) is 0 Å². The van der Waals surface area contributed by atoms with Crippen LogP contribution in [0.25, 0.3) is 0 Å². The maximum atomic E-state index is 13.1. The van der Waals surface area contributed by atoms with Gasteiger partial charge in [-0.05, 0) is 13.8 Å². The molecule has 2 unspecified atom stereocenters. The van der Waals surface area contributed by atoms with Gasteiger partial charge in [0, 0.05) is 50.7 Å². The second-order valence-corrected chi connectivity index (χ2v) is 8.29. The number of alkyl halides is 6. The number of rotatable bonds is 6. The van der Waals surface area contributed by atoms with Crippen molar-refractivity contribution >= 4 is 17.7 Å². The molecule has 37 heavy (non-hydrogen) atoms. The van der Waals surface area contributed by atoms with E-state index < -0.39 is 40.8 Å². The van der Waals surface area contributed by atoms with E-state index >= 15 is 0 Å². The molecule has 1 aliphatic heterocycles. The number of H-pyrrole nitrogens is 1. The number of nitrogens with one attached hydrogen (secondary N) is 3. The van der Waals surface area contributed by atoms with Crippen molar-refractivity contribution in [3.05, 3.63) is 52.2 Å². The highest BCUT2D eigenvalue weighted by molar-refractivity contribution is 5.75. The van der Waals surface area contributed by atoms with Crippen molar-refractivity contribution in [3.63, 3.8) is 0 Å². The van der Waals surface area contributed by atoms with Crippen LogP contribution in [0.3, 0.4) is 0 Å². The summed E-state index contributed by atoms with van der Waals surface area (Å²) in [5.74, 6) is 0.133. The molecule has 0 radical (unpaired) electrons. The zero-order valence-corrected chi connectivity index (χ0v) is 19.7. The number of amides is 2. The lowest BCUT2D eigenvalue weighted by Crippen LogP contribution is -2.57. The summed E-state index contributed by atoms with van der Waals surface area (Å²) in [6.07, 6.45) is -4.04. The molecule has 3 rings (SSSR count). The molecule has 0 saturated carbocycles. The van der Waals surface area contributed by atoms with Crippen molar-refractivity contribution in [2.24, 2.45) is 0 Å². The molecule has 2 atom stereocenters. The van der Waals surface area contributed by atoms with Crippen molar-refractivity contribution in [2.45, 2.75) is 38.3 Å². The number of aromatic nitrogens is 4. The summed E-state index contributed by atoms with van der Waals surface area (Å²) in [5.41, 5.74) is -4.16. The van der Waals surface area contributed by atoms with Crippen LogP contribution in [0.1, 0.15) is 25.0 Å². The lowest BCUT2D eigenvalue weighted by Gasteiger charge is -2.39. The summed E-state index contributed by atoms with van der Waals surface area (Å²) in [7, 11) is 0. The molecular formula is C21H24F6N8O2. The van der Waals surface area contributed by atoms with E-state index in [1.807, 2.05) is 0 Å². The Kier molecular flexibility index (Phi) is 8.28. The number of hydrogen-bond acceptors (Lipinski definition) is 7. The molecule has 0 aliphatic carbocycles. The van der Waals surface area contributed by atoms with Gasteiger partial charge >= 0.3 is 18.4 Å². The van der Waals surface area contributed by atoms with Gasteiger partial charge in [-0.15, -0.1) is 0 Å². The molecule has 2 aromatic rings. The van der Waals surface area contributed by atoms with Crippen LogP contribution >= 0.6 is 0 Å². The van der Waals surface area contributed by atoms with E-state index in [4.69, 9.17) is 0 Å². The van der Waals surface area contributed by atoms with E-state index in [1.54, 1.807) is 34.8 Å². The van der Waals surface area contributed by atoms with Gasteiger partial charge in [-0.25, -0.2) is 19.9 Å². The second kappa shape index (κ2) is 11.0. The van der Waals surface area contributed by atoms with Gasteiger partial charge in [0.05, 0.1) is 17.4 Å². The number of hydrogen-bond donors (Lipinski definition) is 3. The number of carbonyl (C=O) groups excluding carboxylic acids is 1. The monoisotopic (exact) mass is 534 g/mol. The number of nitrogens with zero attached hydrogens (tertiary/aromatic N) is 5. The lowest BCUT2D eigenvalue weighted by atomic mass is 10.2. The zero-order chi connectivity index (χ0) is 27.4. The molecule has 1 aliphatic rings. The highest BCUT2D eigenvalue weighted by Gasteiger charge is 2.37. The maximum Gasteiger partial charge on any atom is 0.423 e. The first-order valence-electron chi connectivity index (χ1n) is 11.0. The van der Waals surface area contributed by atoms with Crippen molar-refractivity contribution < 1.29 is 31.1 Å². The van der Waals surface area contributed by atoms with Gasteiger partial charge in [-0.1, -0.05) is 12.2 Å². The van der Waals surface area contributed by atoms with Crippen LogP contribution in [0.4, 0.5) is 42.8 Å². The predicted molar refractivity (Wildman–Crippen MR) is 121 cm³/mol. The van der Waals surface area contributed by atoms with E-state index in [-0.39, 0.29) is 31.1 Å². The minimum Gasteiger partial charge on any atom is -0.377 e. The highest BCUT2D eigenvalue weighted by atomic mass is 19.4. The Balaban J connectivity index is 1.49. The van der Waals surface area contributed by atoms with Crippen molar-refractivity contribution in [1.29, 1.82) is 0 Å². The Labute approximate surface area is 206 Å². The molecule has 10 nitrogen and oxygen atoms in total. The predicted octanol–water partition coefficient (Wildman–Crippen LogP) is 2.87. The molecule has 2 aromatic heterocycles. The topological polar surface area (TPSA) is 119 Å². The maximum absolute atomic E-state index is 13.1. The summed E-state index contributed by atoms with van der Waals surface area (Å²) >= 11 is 0. The minimum absolute atomic E-state index is 0.0829. The summed E-state index contributed by atoms with van der Waals surface area (Å²) in [5, 5.41) is 10.4. The van der Waals surface area contributed by atoms with E-state index in [0.717, 1.165) is 6.20 Å². The molecule has 2 amide bonds. The third kappa shape index (κ3) is 7.10. The van der Waals surface area contributed by atoms with Crippen LogP contribution in [-0.2, 0) is 12.4 Å². The Morgan fingerprint density at radius 1 is 1.16 bits per heavy atom. The fraction of sp³-hybridized carbons (Fsp3) is 0.476. The van der Waals surface area contributed by atoms with Crippen LogP contribution in [0, 0.1) is 0 Å². The number of carbonyl (C=O) groups is 1. The Morgan fingerprint density at radius 2 is 1.84 bits per heavy atom. The number of piperazine rings is 1. The number of anilines is 2. The largest absolute Gasteiger partial charge is 0.423 e. The highest BCUT2D eigenvalue weighted by Crippen LogP contribution is 2.31. The fourth-order valence-electron chi connectivity index (χ4n) is 3.67. The van der Waals surface area contributed by atoms with Crippen molar-refractivity contribution in [3.8, 4) is 0 Å². The zero-order valence-electron chi connectivity index (χ0n) is 19.7. The van der Waals surface area contributed by atoms with Crippen LogP contribution in [-0.4, -0.2) is 69.4 Å². The average Bonchev–Trinajstić information content (AvgIpc) is 2.80. The molecule has 0 aromatic carbocycles. The number of urea groups is 1. The average molecular weight is 534 g/mol. The van der Waals surface area contributed by atoms with Crippen LogP contribution in [0.15, 0.2) is 35.5 Å². The van der Waals surface area contributed by atoms with E-state index in [2.05, 4.69) is 25.7 Å². The first-order valence-corrected chi connectivity index (χ1v) is 11.0. The van der Waals surface area contributed by atoms with E-state index in [1.165, 1.54) is 6.08 Å². The van der Waals surface area contributed by atoms with Gasteiger partial charge < -0.3 is 20.4 Å². The molecule has 1 fully saturated rings. The molecule has 16 heteroatoms. The molecule has 3 N–H and O–H groups in total. The molecule has 0 spiro atoms. The van der Waals surface area contributed by atoms with Gasteiger partial charge in [-0.2, -0.15) is 31.4 Å². The second-order valence-electron chi connectivity index (χ2n) is 8.29. The quantitative estimate of drug-likeness (QED) is 0.385. The van der Waals surface area contributed by atoms with E-state index in [0.29, 0.717) is 25.5 Å². The third-order valence-electron chi connectivity index (χ3n) is 5.46. The van der Waals surface area contributed by atoms with Gasteiger partial charge in [0.1, 0.15) is 5.56 Å². The standard InChI is InChI=1S/C21H24F6N8O2/c1-12(32-15-10-31-33-17(36)16(15)21(25,26)27)4-3-5-28-19(37)35-7-6-34(11-13(35)2)18-29-8-14(9-30-18)20(22,23)24/h3-4,8-10,12-13H,5-7,11H2,1-2H3,(H,28,37)(H2,32,33,36)/b4-3+. The van der Waals surface area contributed by atoms with Gasteiger partial charge in [-0.3, -0.25) is 4.79 Å². The SMILES string of the molecule is CC(/C=C/CNC(=O)N1CCN(c2ncc(C(F)(F)F)cn2)CC1C)Nc1cn[nH]c(=O)c1C(F)(F)F. The smallest absolute Gasteiger partial charge is 0.377 e. The van der Waals surface area contributed by atoms with Crippen LogP contribution in [0.5, 0.6) is 0 Å². The molecular weight excluding hydrogens is 510 g/mol. The minimum atomic E-state index is -4.87. The summed E-state index contributed by atoms with van der Waals surface area (Å²) in [6, 6.07) is -1.30. The Morgan fingerprint density at radius 3 is 2.43 bits per heavy atom. The van der Waals surface area contributed by atoms with Crippen molar-refractivity contribution in [1.82, 2.24) is 30.4 Å². The summed E-state index contributed by atoms with van der Waals surface area (Å²) in [4.78, 5) is 34.9. The third-order valence-corrected chi connectivity index (χ3v) is 5.46. The molecule has 0 bridgehead atoms. The first-order chi connectivity index (χ1) is 17.3. The van der Waals surface area contributed by atoms with Crippen molar-refractivity contribution in [2.75, 3.05) is 36.4 Å².